The first-order chi connectivity index (χ1) is 4.94. The van der Waals surface area contributed by atoms with Crippen LogP contribution < -0.4 is 29.6 Å². The SMILES string of the molecule is F[C-](F)C(F)(F)F.O=P(F)(F)F.[Na+]. The summed E-state index contributed by atoms with van der Waals surface area (Å²) in [5.41, 5.74) is 0. The summed E-state index contributed by atoms with van der Waals surface area (Å²) in [7, 11) is -6.14. The fourth-order valence-corrected chi connectivity index (χ4v) is 0. The van der Waals surface area contributed by atoms with Crippen molar-refractivity contribution in [2.24, 2.45) is 0 Å². The molecule has 0 radical (unpaired) electrons. The van der Waals surface area contributed by atoms with Gasteiger partial charge in [-0.1, -0.05) is 0 Å². The zero-order valence-electron chi connectivity index (χ0n) is 5.88. The van der Waals surface area contributed by atoms with Crippen molar-refractivity contribution in [3.05, 3.63) is 6.43 Å². The molecule has 0 N–H and O–H groups in total. The molecule has 0 bridgehead atoms. The summed E-state index contributed by atoms with van der Waals surface area (Å²) in [5.74, 6) is 0. The van der Waals surface area contributed by atoms with Gasteiger partial charge in [-0.2, -0.15) is 0 Å². The molecule has 0 fully saturated rings. The van der Waals surface area contributed by atoms with Crippen molar-refractivity contribution < 1.29 is 68.7 Å². The monoisotopic (exact) mass is 246 g/mol. The summed E-state index contributed by atoms with van der Waals surface area (Å²) in [6.07, 6.45) is -8.92. The van der Waals surface area contributed by atoms with Crippen molar-refractivity contribution in [1.29, 1.82) is 0 Å². The molecule has 0 spiro atoms. The van der Waals surface area contributed by atoms with Crippen LogP contribution >= 0.6 is 8.07 Å². The molecule has 0 saturated carbocycles. The third-order valence-corrected chi connectivity index (χ3v) is 0.214. The summed E-state index contributed by atoms with van der Waals surface area (Å²) in [5, 5.41) is 0. The van der Waals surface area contributed by atoms with Crippen molar-refractivity contribution in [1.82, 2.24) is 0 Å². The van der Waals surface area contributed by atoms with Gasteiger partial charge < -0.3 is 8.78 Å². The molecule has 1 nitrogen and oxygen atoms in total. The van der Waals surface area contributed by atoms with Crippen LogP contribution in [-0.4, -0.2) is 6.18 Å². The van der Waals surface area contributed by atoms with Crippen LogP contribution in [0.25, 0.3) is 0 Å². The third kappa shape index (κ3) is 32.4. The molecule has 0 aliphatic rings. The Morgan fingerprint density at radius 3 is 1.08 bits per heavy atom. The molecule has 0 aliphatic carbocycles. The Morgan fingerprint density at radius 1 is 1.00 bits per heavy atom. The number of hydrogen-bond acceptors (Lipinski definition) is 1. The van der Waals surface area contributed by atoms with E-state index >= 15 is 0 Å². The summed E-state index contributed by atoms with van der Waals surface area (Å²) in [6, 6.07) is 0. The van der Waals surface area contributed by atoms with Gasteiger partial charge in [-0.15, -0.1) is 12.6 Å². The minimum atomic E-state index is -6.14. The molecule has 13 heavy (non-hydrogen) atoms. The Labute approximate surface area is 89.5 Å². The maximum atomic E-state index is 10.4. The van der Waals surface area contributed by atoms with Crippen molar-refractivity contribution >= 4 is 8.07 Å². The zero-order valence-corrected chi connectivity index (χ0v) is 8.77. The summed E-state index contributed by atoms with van der Waals surface area (Å²) < 4.78 is 89.8. The Balaban J connectivity index is -0.000000150. The predicted octanol–water partition coefficient (Wildman–Crippen LogP) is 0.984. The van der Waals surface area contributed by atoms with Crippen LogP contribution in [0.1, 0.15) is 0 Å². The van der Waals surface area contributed by atoms with E-state index in [1.807, 2.05) is 0 Å². The van der Waals surface area contributed by atoms with Crippen LogP contribution in [0.3, 0.4) is 0 Å². The minimum Gasteiger partial charge on any atom is -0.412 e. The molecule has 0 unspecified atom stereocenters. The van der Waals surface area contributed by atoms with Gasteiger partial charge in [-0.05, 0) is 0 Å². The van der Waals surface area contributed by atoms with Gasteiger partial charge in [0.05, 0.1) is 0 Å². The first kappa shape index (κ1) is 19.3. The minimum absolute atomic E-state index is 0. The normalized spacial score (nSPS) is 11.5. The molecule has 0 aromatic carbocycles. The van der Waals surface area contributed by atoms with Gasteiger partial charge in [0, 0.05) is 0 Å². The third-order valence-electron chi connectivity index (χ3n) is 0.214. The van der Waals surface area contributed by atoms with Crippen LogP contribution in [0.2, 0.25) is 0 Å². The predicted molar refractivity (Wildman–Crippen MR) is 22.4 cm³/mol. The number of rotatable bonds is 0. The number of halogens is 8. The van der Waals surface area contributed by atoms with Crippen LogP contribution in [-0.2, 0) is 4.57 Å². The topological polar surface area (TPSA) is 17.1 Å². The summed E-state index contributed by atoms with van der Waals surface area (Å²) in [6.45, 7) is 0. The van der Waals surface area contributed by atoms with Gasteiger partial charge in [0.15, 0.2) is 0 Å². The molecule has 0 atom stereocenters. The van der Waals surface area contributed by atoms with Crippen LogP contribution in [0, 0.1) is 6.43 Å². The first-order valence-corrected chi connectivity index (χ1v) is 3.26. The number of alkyl halides is 3. The maximum absolute atomic E-state index is 10.4. The quantitative estimate of drug-likeness (QED) is 0.269. The Hall–Kier alpha value is 0.670. The van der Waals surface area contributed by atoms with Crippen LogP contribution in [0.4, 0.5) is 34.5 Å². The number of hydrogen-bond donors (Lipinski definition) is 0. The molecule has 0 rings (SSSR count). The van der Waals surface area contributed by atoms with Crippen molar-refractivity contribution in [2.75, 3.05) is 0 Å². The molecule has 76 valence electrons. The zero-order chi connectivity index (χ0) is 10.6. The van der Waals surface area contributed by atoms with E-state index in [4.69, 9.17) is 4.57 Å². The van der Waals surface area contributed by atoms with Crippen LogP contribution in [0.15, 0.2) is 0 Å². The first-order valence-electron chi connectivity index (χ1n) is 1.88. The molecular weight excluding hydrogens is 246 g/mol. The fourth-order valence-electron chi connectivity index (χ4n) is 0. The Kier molecular flexibility index (Phi) is 10.4. The van der Waals surface area contributed by atoms with E-state index in [1.165, 1.54) is 0 Å². The van der Waals surface area contributed by atoms with Crippen molar-refractivity contribution in [3.63, 3.8) is 0 Å². The summed E-state index contributed by atoms with van der Waals surface area (Å²) >= 11 is 0. The Morgan fingerprint density at radius 2 is 1.08 bits per heavy atom. The second kappa shape index (κ2) is 7.03. The molecule has 0 amide bonds. The van der Waals surface area contributed by atoms with E-state index in [0.29, 0.717) is 0 Å². The summed E-state index contributed by atoms with van der Waals surface area (Å²) in [4.78, 5) is 0. The van der Waals surface area contributed by atoms with Crippen LogP contribution in [0.5, 0.6) is 0 Å². The molecule has 0 heterocycles. The molecule has 0 aromatic heterocycles. The maximum Gasteiger partial charge on any atom is 1.00 e. The van der Waals surface area contributed by atoms with Crippen molar-refractivity contribution in [3.8, 4) is 0 Å². The average Bonchev–Trinajstić information content (AvgIpc) is 1.55. The molecule has 0 aromatic rings. The van der Waals surface area contributed by atoms with Gasteiger partial charge >= 0.3 is 43.8 Å². The van der Waals surface area contributed by atoms with E-state index < -0.39 is 20.7 Å². The van der Waals surface area contributed by atoms with Gasteiger partial charge in [0.1, 0.15) is 6.43 Å². The van der Waals surface area contributed by atoms with E-state index in [2.05, 4.69) is 0 Å². The molecule has 11 heteroatoms. The van der Waals surface area contributed by atoms with E-state index in [-0.39, 0.29) is 29.6 Å². The second-order valence-corrected chi connectivity index (χ2v) is 1.95. The smallest absolute Gasteiger partial charge is 0.412 e. The second-order valence-electron chi connectivity index (χ2n) is 1.16. The standard InChI is InChI=1S/C2F5.F3OP.Na/c3-1(4)2(5,6)7;1-5(2,3)4;/q-1;;+1. The van der Waals surface area contributed by atoms with Gasteiger partial charge in [0.25, 0.3) is 0 Å². The molecule has 0 aliphatic heterocycles. The van der Waals surface area contributed by atoms with E-state index in [9.17, 15) is 34.5 Å². The van der Waals surface area contributed by atoms with Crippen molar-refractivity contribution in [2.45, 2.75) is 6.18 Å². The molecular formula is C2F8NaOP. The average molecular weight is 246 g/mol. The van der Waals surface area contributed by atoms with Gasteiger partial charge in [-0.3, -0.25) is 0 Å². The Bertz CT molecular complexity index is 152. The fraction of sp³-hybridized carbons (Fsp3) is 0.500. The van der Waals surface area contributed by atoms with Gasteiger partial charge in [0.2, 0.25) is 0 Å². The van der Waals surface area contributed by atoms with Gasteiger partial charge in [-0.25, -0.2) is 17.7 Å². The largest absolute Gasteiger partial charge is 1.00 e. The van der Waals surface area contributed by atoms with E-state index in [0.717, 1.165) is 0 Å². The molecule has 0 saturated heterocycles. The van der Waals surface area contributed by atoms with E-state index in [1.54, 1.807) is 0 Å².